The zero-order valence-corrected chi connectivity index (χ0v) is 12.7. The van der Waals surface area contributed by atoms with Crippen molar-refractivity contribution >= 4 is 17.7 Å². The Kier molecular flexibility index (Phi) is 7.86. The largest absolute Gasteiger partial charge is 0.368 e. The van der Waals surface area contributed by atoms with Crippen LogP contribution >= 0.6 is 0 Å². The number of benzene rings is 1. The van der Waals surface area contributed by atoms with Crippen LogP contribution in [0.3, 0.4) is 0 Å². The molecule has 3 amide bonds. The zero-order chi connectivity index (χ0) is 17.1. The Morgan fingerprint density at radius 2 is 1.87 bits per heavy atom. The first-order valence-corrected chi connectivity index (χ1v) is 7.33. The maximum atomic E-state index is 11.8. The van der Waals surface area contributed by atoms with E-state index in [1.165, 1.54) is 0 Å². The summed E-state index contributed by atoms with van der Waals surface area (Å²) in [7, 11) is 0. The summed E-state index contributed by atoms with van der Waals surface area (Å²) in [4.78, 5) is 34.9. The maximum absolute atomic E-state index is 11.8. The molecule has 0 radical (unpaired) electrons. The van der Waals surface area contributed by atoms with E-state index in [1.54, 1.807) is 30.3 Å². The van der Waals surface area contributed by atoms with Crippen molar-refractivity contribution in [2.45, 2.75) is 31.7 Å². The van der Waals surface area contributed by atoms with Crippen molar-refractivity contribution < 1.29 is 14.4 Å². The standard InChI is InChI=1S/C16H20N4O3/c17-10-6-2-5-9-13(15(18)22)20-14(21)11-19-16(23)12-7-3-1-4-8-12/h1,3-4,7-8,13H,2,5-6,9,11H2,(H2,18,22)(H,19,23)(H,20,21)/t13-/m0/s1. The minimum atomic E-state index is -0.796. The van der Waals surface area contributed by atoms with E-state index in [2.05, 4.69) is 10.6 Å². The fourth-order valence-electron chi connectivity index (χ4n) is 1.94. The third kappa shape index (κ3) is 7.09. The topological polar surface area (TPSA) is 125 Å². The Labute approximate surface area is 134 Å². The highest BCUT2D eigenvalue weighted by Crippen LogP contribution is 2.03. The number of carbonyl (C=O) groups excluding carboxylic acids is 3. The van der Waals surface area contributed by atoms with E-state index in [0.717, 1.165) is 0 Å². The first-order chi connectivity index (χ1) is 11.0. The van der Waals surface area contributed by atoms with Gasteiger partial charge < -0.3 is 16.4 Å². The van der Waals surface area contributed by atoms with Crippen molar-refractivity contribution in [3.8, 4) is 6.07 Å². The summed E-state index contributed by atoms with van der Waals surface area (Å²) >= 11 is 0. The van der Waals surface area contributed by atoms with Gasteiger partial charge in [-0.05, 0) is 31.4 Å². The molecule has 7 heteroatoms. The molecule has 1 aromatic rings. The molecule has 0 fully saturated rings. The molecule has 0 bridgehead atoms. The number of nitrogens with one attached hydrogen (secondary N) is 2. The van der Waals surface area contributed by atoms with Crippen LogP contribution in [0.4, 0.5) is 0 Å². The molecule has 122 valence electrons. The molecule has 0 spiro atoms. The normalized spacial score (nSPS) is 11.1. The van der Waals surface area contributed by atoms with Crippen LogP contribution in [-0.2, 0) is 9.59 Å². The van der Waals surface area contributed by atoms with Crippen molar-refractivity contribution in [2.75, 3.05) is 6.54 Å². The average molecular weight is 316 g/mol. The van der Waals surface area contributed by atoms with E-state index in [0.29, 0.717) is 31.2 Å². The molecule has 0 aliphatic rings. The fraction of sp³-hybridized carbons (Fsp3) is 0.375. The number of nitriles is 1. The number of hydrogen-bond donors (Lipinski definition) is 3. The summed E-state index contributed by atoms with van der Waals surface area (Å²) in [6.07, 6.45) is 2.01. The molecular formula is C16H20N4O3. The van der Waals surface area contributed by atoms with Gasteiger partial charge in [-0.3, -0.25) is 14.4 Å². The predicted molar refractivity (Wildman–Crippen MR) is 84.0 cm³/mol. The van der Waals surface area contributed by atoms with E-state index in [1.807, 2.05) is 6.07 Å². The molecule has 1 rings (SSSR count). The summed E-state index contributed by atoms with van der Waals surface area (Å²) in [5.41, 5.74) is 5.69. The van der Waals surface area contributed by atoms with Gasteiger partial charge in [-0.15, -0.1) is 0 Å². The van der Waals surface area contributed by atoms with Gasteiger partial charge in [-0.25, -0.2) is 0 Å². The Morgan fingerprint density at radius 1 is 1.17 bits per heavy atom. The van der Waals surface area contributed by atoms with Crippen LogP contribution < -0.4 is 16.4 Å². The van der Waals surface area contributed by atoms with E-state index in [9.17, 15) is 14.4 Å². The molecule has 0 aromatic heterocycles. The fourth-order valence-corrected chi connectivity index (χ4v) is 1.94. The summed E-state index contributed by atoms with van der Waals surface area (Å²) in [5, 5.41) is 13.4. The second-order valence-electron chi connectivity index (χ2n) is 4.98. The minimum absolute atomic E-state index is 0.240. The van der Waals surface area contributed by atoms with Crippen molar-refractivity contribution in [3.05, 3.63) is 35.9 Å². The van der Waals surface area contributed by atoms with Crippen molar-refractivity contribution in [2.24, 2.45) is 5.73 Å². The molecule has 0 heterocycles. The average Bonchev–Trinajstić information content (AvgIpc) is 2.56. The molecule has 7 nitrogen and oxygen atoms in total. The van der Waals surface area contributed by atoms with Crippen LogP contribution in [0.15, 0.2) is 30.3 Å². The number of amides is 3. The van der Waals surface area contributed by atoms with Gasteiger partial charge in [0.15, 0.2) is 0 Å². The molecule has 0 aliphatic heterocycles. The molecule has 4 N–H and O–H groups in total. The third-order valence-corrected chi connectivity index (χ3v) is 3.16. The van der Waals surface area contributed by atoms with Crippen LogP contribution in [0.25, 0.3) is 0 Å². The Bertz CT molecular complexity index is 581. The number of nitrogens with zero attached hydrogens (tertiary/aromatic N) is 1. The van der Waals surface area contributed by atoms with Crippen molar-refractivity contribution in [1.29, 1.82) is 5.26 Å². The molecule has 0 saturated carbocycles. The van der Waals surface area contributed by atoms with Crippen LogP contribution in [0.5, 0.6) is 0 Å². The van der Waals surface area contributed by atoms with Gasteiger partial charge in [0, 0.05) is 12.0 Å². The minimum Gasteiger partial charge on any atom is -0.368 e. The highest BCUT2D eigenvalue weighted by molar-refractivity contribution is 5.97. The lowest BCUT2D eigenvalue weighted by atomic mass is 10.1. The van der Waals surface area contributed by atoms with Crippen LogP contribution in [-0.4, -0.2) is 30.3 Å². The Hall–Kier alpha value is -2.88. The predicted octanol–water partition coefficient (Wildman–Crippen LogP) is 0.470. The van der Waals surface area contributed by atoms with Gasteiger partial charge in [0.2, 0.25) is 11.8 Å². The summed E-state index contributed by atoms with van der Waals surface area (Å²) in [5.74, 6) is -1.49. The molecule has 1 atom stereocenters. The Morgan fingerprint density at radius 3 is 2.48 bits per heavy atom. The lowest BCUT2D eigenvalue weighted by Crippen LogP contribution is -2.47. The maximum Gasteiger partial charge on any atom is 0.251 e. The highest BCUT2D eigenvalue weighted by atomic mass is 16.2. The van der Waals surface area contributed by atoms with Gasteiger partial charge in [-0.1, -0.05) is 18.2 Å². The molecule has 1 aromatic carbocycles. The number of rotatable bonds is 9. The molecule has 0 aliphatic carbocycles. The monoisotopic (exact) mass is 316 g/mol. The summed E-state index contributed by atoms with van der Waals surface area (Å²) in [6, 6.07) is 9.71. The van der Waals surface area contributed by atoms with E-state index in [4.69, 9.17) is 11.0 Å². The number of primary amides is 1. The number of carbonyl (C=O) groups is 3. The quantitative estimate of drug-likeness (QED) is 0.573. The van der Waals surface area contributed by atoms with Gasteiger partial charge in [-0.2, -0.15) is 5.26 Å². The zero-order valence-electron chi connectivity index (χ0n) is 12.7. The highest BCUT2D eigenvalue weighted by Gasteiger charge is 2.18. The van der Waals surface area contributed by atoms with Gasteiger partial charge in [0.25, 0.3) is 5.91 Å². The second-order valence-corrected chi connectivity index (χ2v) is 4.98. The van der Waals surface area contributed by atoms with Gasteiger partial charge >= 0.3 is 0 Å². The van der Waals surface area contributed by atoms with Crippen LogP contribution in [0.1, 0.15) is 36.0 Å². The van der Waals surface area contributed by atoms with Crippen molar-refractivity contribution in [1.82, 2.24) is 10.6 Å². The molecular weight excluding hydrogens is 296 g/mol. The lowest BCUT2D eigenvalue weighted by Gasteiger charge is -2.15. The lowest BCUT2D eigenvalue weighted by molar-refractivity contribution is -0.126. The third-order valence-electron chi connectivity index (χ3n) is 3.16. The van der Waals surface area contributed by atoms with E-state index >= 15 is 0 Å². The first kappa shape index (κ1) is 18.2. The molecule has 0 unspecified atom stereocenters. The Balaban J connectivity index is 2.39. The molecule has 23 heavy (non-hydrogen) atoms. The van der Waals surface area contributed by atoms with Gasteiger partial charge in [0.05, 0.1) is 12.6 Å². The smallest absolute Gasteiger partial charge is 0.251 e. The summed E-state index contributed by atoms with van der Waals surface area (Å²) in [6.45, 7) is -0.240. The van der Waals surface area contributed by atoms with Gasteiger partial charge in [0.1, 0.15) is 6.04 Å². The van der Waals surface area contributed by atoms with E-state index < -0.39 is 17.9 Å². The number of nitrogens with two attached hydrogens (primary N) is 1. The SMILES string of the molecule is N#CCCCC[C@H](NC(=O)CNC(=O)c1ccccc1)C(N)=O. The number of hydrogen-bond acceptors (Lipinski definition) is 4. The second kappa shape index (κ2) is 9.95. The van der Waals surface area contributed by atoms with Crippen molar-refractivity contribution in [3.63, 3.8) is 0 Å². The molecule has 0 saturated heterocycles. The van der Waals surface area contributed by atoms with Crippen LogP contribution in [0, 0.1) is 11.3 Å². The van der Waals surface area contributed by atoms with E-state index in [-0.39, 0.29) is 12.5 Å². The van der Waals surface area contributed by atoms with Crippen LogP contribution in [0.2, 0.25) is 0 Å². The summed E-state index contributed by atoms with van der Waals surface area (Å²) < 4.78 is 0. The first-order valence-electron chi connectivity index (χ1n) is 7.33. The number of unbranched alkanes of at least 4 members (excludes halogenated alkanes) is 2.